The fourth-order valence-electron chi connectivity index (χ4n) is 5.23. The lowest BCUT2D eigenvalue weighted by atomic mass is 10.1. The predicted molar refractivity (Wildman–Crippen MR) is 155 cm³/mol. The lowest BCUT2D eigenvalue weighted by Crippen LogP contribution is -2.48. The number of hydrogen-bond donors (Lipinski definition) is 0. The maximum atomic E-state index is 14.7. The Morgan fingerprint density at radius 2 is 1.57 bits per heavy atom. The van der Waals surface area contributed by atoms with E-state index >= 15 is 0 Å². The smallest absolute Gasteiger partial charge is 0.259 e. The largest absolute Gasteiger partial charge is 0.495 e. The van der Waals surface area contributed by atoms with Crippen LogP contribution in [0.1, 0.15) is 26.3 Å². The summed E-state index contributed by atoms with van der Waals surface area (Å²) in [6, 6.07) is 27.3. The van der Waals surface area contributed by atoms with E-state index in [1.807, 2.05) is 59.5 Å². The number of anilines is 2. The lowest BCUT2D eigenvalue weighted by Gasteiger charge is -2.36. The summed E-state index contributed by atoms with van der Waals surface area (Å²) in [6.07, 6.45) is 0. The molecule has 0 saturated carbocycles. The second kappa shape index (κ2) is 11.1. The van der Waals surface area contributed by atoms with Crippen molar-refractivity contribution in [3.05, 3.63) is 114 Å². The normalized spacial score (nSPS) is 14.8. The van der Waals surface area contributed by atoms with E-state index in [4.69, 9.17) is 4.74 Å². The first kappa shape index (κ1) is 26.0. The van der Waals surface area contributed by atoms with Gasteiger partial charge in [-0.3, -0.25) is 9.59 Å². The van der Waals surface area contributed by atoms with Crippen LogP contribution in [0, 0.1) is 5.82 Å². The van der Waals surface area contributed by atoms with Crippen LogP contribution in [-0.4, -0.2) is 50.0 Å². The summed E-state index contributed by atoms with van der Waals surface area (Å²) in [5.74, 6) is 0.126. The molecule has 2 aliphatic rings. The van der Waals surface area contributed by atoms with Crippen LogP contribution in [0.2, 0.25) is 0 Å². The molecule has 1 fully saturated rings. The van der Waals surface area contributed by atoms with Crippen LogP contribution < -0.4 is 14.5 Å². The van der Waals surface area contributed by atoms with Crippen molar-refractivity contribution in [3.8, 4) is 5.75 Å². The topological polar surface area (TPSA) is 53.1 Å². The van der Waals surface area contributed by atoms with Gasteiger partial charge in [0.05, 0.1) is 30.6 Å². The van der Waals surface area contributed by atoms with Crippen LogP contribution >= 0.6 is 11.8 Å². The van der Waals surface area contributed by atoms with Crippen molar-refractivity contribution in [1.82, 2.24) is 4.90 Å². The van der Waals surface area contributed by atoms with Gasteiger partial charge >= 0.3 is 0 Å². The zero-order chi connectivity index (χ0) is 27.6. The molecular formula is C32H28FN3O3S. The maximum Gasteiger partial charge on any atom is 0.259 e. The molecular weight excluding hydrogens is 525 g/mol. The second-order valence-electron chi connectivity index (χ2n) is 9.71. The molecule has 6 nitrogen and oxygen atoms in total. The number of carbonyl (C=O) groups excluding carboxylic acids is 2. The molecule has 2 aliphatic heterocycles. The van der Waals surface area contributed by atoms with E-state index in [1.54, 1.807) is 42.3 Å². The standard InChI is InChI=1S/C32H28FN3O3S/c1-39-28-12-6-5-11-26(28)34-16-18-35(19-17-34)31(37)22-14-15-30-27(20-22)36(21-23-8-2-4-10-25(23)33)32(38)24-9-3-7-13-29(24)40-30/h2-15,20H,16-19,21H2,1H3. The number of methoxy groups -OCH3 is 1. The van der Waals surface area contributed by atoms with Crippen molar-refractivity contribution in [1.29, 1.82) is 0 Å². The Labute approximate surface area is 237 Å². The van der Waals surface area contributed by atoms with Gasteiger partial charge in [-0.25, -0.2) is 4.39 Å². The fraction of sp³-hybridized carbons (Fsp3) is 0.188. The molecule has 0 aliphatic carbocycles. The molecule has 40 heavy (non-hydrogen) atoms. The molecule has 0 aromatic heterocycles. The molecule has 0 atom stereocenters. The van der Waals surface area contributed by atoms with E-state index in [1.165, 1.54) is 17.8 Å². The van der Waals surface area contributed by atoms with Gasteiger partial charge in [0.25, 0.3) is 11.8 Å². The number of para-hydroxylation sites is 2. The molecule has 2 amide bonds. The summed E-state index contributed by atoms with van der Waals surface area (Å²) in [5.41, 5.74) is 3.09. The van der Waals surface area contributed by atoms with Crippen LogP contribution in [0.3, 0.4) is 0 Å². The zero-order valence-electron chi connectivity index (χ0n) is 22.0. The van der Waals surface area contributed by atoms with Gasteiger partial charge in [0, 0.05) is 47.1 Å². The van der Waals surface area contributed by atoms with Crippen LogP contribution in [0.5, 0.6) is 5.75 Å². The van der Waals surface area contributed by atoms with Crippen LogP contribution in [0.15, 0.2) is 101 Å². The minimum absolute atomic E-state index is 0.0582. The highest BCUT2D eigenvalue weighted by molar-refractivity contribution is 7.99. The first-order valence-corrected chi connectivity index (χ1v) is 14.0. The van der Waals surface area contributed by atoms with E-state index in [2.05, 4.69) is 4.90 Å². The third-order valence-corrected chi connectivity index (χ3v) is 8.50. The van der Waals surface area contributed by atoms with Crippen molar-refractivity contribution in [2.75, 3.05) is 43.1 Å². The third kappa shape index (κ3) is 4.91. The summed E-state index contributed by atoms with van der Waals surface area (Å²) < 4.78 is 20.2. The summed E-state index contributed by atoms with van der Waals surface area (Å²) in [7, 11) is 1.66. The first-order valence-electron chi connectivity index (χ1n) is 13.2. The number of hydrogen-bond acceptors (Lipinski definition) is 5. The SMILES string of the molecule is COc1ccccc1N1CCN(C(=O)c2ccc3c(c2)N(Cc2ccccc2F)C(=O)c2ccccc2S3)CC1. The molecule has 202 valence electrons. The van der Waals surface area contributed by atoms with E-state index < -0.39 is 0 Å². The molecule has 4 aromatic carbocycles. The molecule has 0 bridgehead atoms. The van der Waals surface area contributed by atoms with Crippen molar-refractivity contribution in [2.24, 2.45) is 0 Å². The summed E-state index contributed by atoms with van der Waals surface area (Å²) in [5, 5.41) is 0. The molecule has 0 spiro atoms. The zero-order valence-corrected chi connectivity index (χ0v) is 22.9. The number of benzene rings is 4. The number of rotatable bonds is 5. The number of amides is 2. The number of fused-ring (bicyclic) bond motifs is 2. The molecule has 2 heterocycles. The molecule has 4 aromatic rings. The highest BCUT2D eigenvalue weighted by Gasteiger charge is 2.30. The summed E-state index contributed by atoms with van der Waals surface area (Å²) >= 11 is 1.48. The molecule has 0 N–H and O–H groups in total. The van der Waals surface area contributed by atoms with Gasteiger partial charge in [0.1, 0.15) is 11.6 Å². The fourth-order valence-corrected chi connectivity index (χ4v) is 6.29. The quantitative estimate of drug-likeness (QED) is 0.299. The van der Waals surface area contributed by atoms with Gasteiger partial charge < -0.3 is 19.4 Å². The maximum absolute atomic E-state index is 14.7. The Hall–Kier alpha value is -4.30. The van der Waals surface area contributed by atoms with Gasteiger partial charge in [-0.1, -0.05) is 54.2 Å². The predicted octanol–water partition coefficient (Wildman–Crippen LogP) is 6.11. The number of halogens is 1. The number of carbonyl (C=O) groups is 2. The van der Waals surface area contributed by atoms with Crippen molar-refractivity contribution in [3.63, 3.8) is 0 Å². The van der Waals surface area contributed by atoms with E-state index in [-0.39, 0.29) is 24.2 Å². The van der Waals surface area contributed by atoms with E-state index in [0.717, 1.165) is 21.2 Å². The molecule has 6 rings (SSSR count). The van der Waals surface area contributed by atoms with E-state index in [0.29, 0.717) is 48.6 Å². The molecule has 0 unspecified atom stereocenters. The molecule has 0 radical (unpaired) electrons. The Morgan fingerprint density at radius 3 is 2.38 bits per heavy atom. The number of nitrogens with zero attached hydrogens (tertiary/aromatic N) is 3. The van der Waals surface area contributed by atoms with Gasteiger partial charge in [0.2, 0.25) is 0 Å². The Balaban J connectivity index is 1.29. The van der Waals surface area contributed by atoms with E-state index in [9.17, 15) is 14.0 Å². The monoisotopic (exact) mass is 553 g/mol. The van der Waals surface area contributed by atoms with Gasteiger partial charge in [-0.15, -0.1) is 0 Å². The minimum Gasteiger partial charge on any atom is -0.495 e. The third-order valence-electron chi connectivity index (χ3n) is 7.36. The van der Waals surface area contributed by atoms with Gasteiger partial charge in [0.15, 0.2) is 0 Å². The van der Waals surface area contributed by atoms with Gasteiger partial charge in [-0.05, 0) is 48.5 Å². The second-order valence-corrected chi connectivity index (χ2v) is 10.8. The summed E-state index contributed by atoms with van der Waals surface area (Å²) in [4.78, 5) is 34.8. The van der Waals surface area contributed by atoms with Crippen molar-refractivity contribution in [2.45, 2.75) is 16.3 Å². The Bertz CT molecular complexity index is 1590. The van der Waals surface area contributed by atoms with Crippen LogP contribution in [0.4, 0.5) is 15.8 Å². The number of piperazine rings is 1. The average molecular weight is 554 g/mol. The summed E-state index contributed by atoms with van der Waals surface area (Å²) in [6.45, 7) is 2.54. The average Bonchev–Trinajstić information content (AvgIpc) is 3.11. The highest BCUT2D eigenvalue weighted by atomic mass is 32.2. The van der Waals surface area contributed by atoms with Crippen LogP contribution in [0.25, 0.3) is 0 Å². The lowest BCUT2D eigenvalue weighted by molar-refractivity contribution is 0.0746. The minimum atomic E-state index is -0.373. The number of ether oxygens (including phenoxy) is 1. The first-order chi connectivity index (χ1) is 19.5. The molecule has 1 saturated heterocycles. The van der Waals surface area contributed by atoms with Crippen molar-refractivity contribution < 1.29 is 18.7 Å². The Morgan fingerprint density at radius 1 is 0.850 bits per heavy atom. The molecule has 8 heteroatoms. The Kier molecular flexibility index (Phi) is 7.17. The van der Waals surface area contributed by atoms with Crippen LogP contribution in [-0.2, 0) is 6.54 Å². The highest BCUT2D eigenvalue weighted by Crippen LogP contribution is 2.42. The van der Waals surface area contributed by atoms with Gasteiger partial charge in [-0.2, -0.15) is 0 Å². The van der Waals surface area contributed by atoms with Crippen molar-refractivity contribution >= 4 is 35.0 Å².